The first-order valence-corrected chi connectivity index (χ1v) is 8.80. The van der Waals surface area contributed by atoms with Crippen LogP contribution in [0.5, 0.6) is 11.5 Å². The lowest BCUT2D eigenvalue weighted by Crippen LogP contribution is -2.01. The molecule has 2 aromatic rings. The predicted molar refractivity (Wildman–Crippen MR) is 101 cm³/mol. The highest BCUT2D eigenvalue weighted by molar-refractivity contribution is 5.46. The van der Waals surface area contributed by atoms with Gasteiger partial charge in [-0.3, -0.25) is 0 Å². The molecule has 0 amide bonds. The highest BCUT2D eigenvalue weighted by Gasteiger charge is 2.04. The van der Waals surface area contributed by atoms with E-state index in [0.717, 1.165) is 37.3 Å². The van der Waals surface area contributed by atoms with E-state index in [2.05, 4.69) is 48.6 Å². The van der Waals surface area contributed by atoms with E-state index in [-0.39, 0.29) is 0 Å². The summed E-state index contributed by atoms with van der Waals surface area (Å²) in [6, 6.07) is 14.9. The van der Waals surface area contributed by atoms with Gasteiger partial charge in [0.15, 0.2) is 11.5 Å². The second kappa shape index (κ2) is 9.86. The molecular weight excluding hydrogens is 298 g/mol. The Morgan fingerprint density at radius 3 is 2.29 bits per heavy atom. The van der Waals surface area contributed by atoms with Gasteiger partial charge in [-0.1, -0.05) is 31.5 Å². The Bertz CT molecular complexity index is 625. The number of rotatable bonds is 10. The number of hydrogen-bond donors (Lipinski definition) is 1. The standard InChI is InChI=1S/C21H29NO2/c1-4-5-14-22-19-11-7-10-17(15-19)8-6-9-18-12-13-20(23-2)21(16-18)24-3/h7,10-13,15-16,22H,4-6,8-9,14H2,1-3H3. The Labute approximate surface area is 146 Å². The van der Waals surface area contributed by atoms with Gasteiger partial charge in [0.2, 0.25) is 0 Å². The van der Waals surface area contributed by atoms with Crippen LogP contribution >= 0.6 is 0 Å². The summed E-state index contributed by atoms with van der Waals surface area (Å²) in [5, 5.41) is 3.49. The maximum absolute atomic E-state index is 5.37. The highest BCUT2D eigenvalue weighted by atomic mass is 16.5. The van der Waals surface area contributed by atoms with E-state index in [0.29, 0.717) is 0 Å². The van der Waals surface area contributed by atoms with Gasteiger partial charge < -0.3 is 14.8 Å². The van der Waals surface area contributed by atoms with Gasteiger partial charge in [0.25, 0.3) is 0 Å². The largest absolute Gasteiger partial charge is 0.493 e. The molecule has 0 bridgehead atoms. The number of unbranched alkanes of at least 4 members (excludes halogenated alkanes) is 1. The number of nitrogens with one attached hydrogen (secondary N) is 1. The summed E-state index contributed by atoms with van der Waals surface area (Å²) < 4.78 is 10.7. The van der Waals surface area contributed by atoms with Crippen molar-refractivity contribution in [2.75, 3.05) is 26.1 Å². The van der Waals surface area contributed by atoms with Gasteiger partial charge in [-0.05, 0) is 61.1 Å². The molecule has 1 N–H and O–H groups in total. The molecule has 2 aromatic carbocycles. The molecule has 3 nitrogen and oxygen atoms in total. The summed E-state index contributed by atoms with van der Waals surface area (Å²) in [6.45, 7) is 3.26. The maximum atomic E-state index is 5.37. The van der Waals surface area contributed by atoms with Crippen LogP contribution < -0.4 is 14.8 Å². The molecular formula is C21H29NO2. The van der Waals surface area contributed by atoms with Gasteiger partial charge in [0, 0.05) is 12.2 Å². The van der Waals surface area contributed by atoms with Crippen LogP contribution in [0.4, 0.5) is 5.69 Å². The van der Waals surface area contributed by atoms with E-state index in [9.17, 15) is 0 Å². The molecule has 3 heteroatoms. The number of hydrogen-bond acceptors (Lipinski definition) is 3. The Kier molecular flexibility index (Phi) is 7.47. The minimum absolute atomic E-state index is 0.784. The average molecular weight is 327 g/mol. The summed E-state index contributed by atoms with van der Waals surface area (Å²) in [5.41, 5.74) is 3.90. The van der Waals surface area contributed by atoms with Crippen molar-refractivity contribution in [2.45, 2.75) is 39.0 Å². The molecule has 0 spiro atoms. The molecule has 24 heavy (non-hydrogen) atoms. The molecule has 0 fully saturated rings. The lowest BCUT2D eigenvalue weighted by molar-refractivity contribution is 0.354. The van der Waals surface area contributed by atoms with Crippen LogP contribution in [0, 0.1) is 0 Å². The molecule has 0 aliphatic carbocycles. The minimum atomic E-state index is 0.784. The average Bonchev–Trinajstić information content (AvgIpc) is 2.62. The summed E-state index contributed by atoms with van der Waals surface area (Å²) in [5.74, 6) is 1.59. The van der Waals surface area contributed by atoms with Crippen LogP contribution in [0.1, 0.15) is 37.3 Å². The fourth-order valence-corrected chi connectivity index (χ4v) is 2.78. The highest BCUT2D eigenvalue weighted by Crippen LogP contribution is 2.28. The Hall–Kier alpha value is -2.16. The molecule has 2 rings (SSSR count). The van der Waals surface area contributed by atoms with Crippen molar-refractivity contribution in [3.8, 4) is 11.5 Å². The van der Waals surface area contributed by atoms with Crippen molar-refractivity contribution in [3.63, 3.8) is 0 Å². The molecule has 130 valence electrons. The predicted octanol–water partition coefficient (Wildman–Crippen LogP) is 5.09. The Morgan fingerprint density at radius 1 is 0.833 bits per heavy atom. The Morgan fingerprint density at radius 2 is 1.58 bits per heavy atom. The SMILES string of the molecule is CCCCNc1cccc(CCCc2ccc(OC)c(OC)c2)c1. The van der Waals surface area contributed by atoms with Gasteiger partial charge in [-0.2, -0.15) is 0 Å². The van der Waals surface area contributed by atoms with E-state index in [1.54, 1.807) is 14.2 Å². The lowest BCUT2D eigenvalue weighted by Gasteiger charge is -2.10. The van der Waals surface area contributed by atoms with Crippen molar-refractivity contribution >= 4 is 5.69 Å². The zero-order valence-corrected chi connectivity index (χ0v) is 15.1. The van der Waals surface area contributed by atoms with Gasteiger partial charge in [0.1, 0.15) is 0 Å². The summed E-state index contributed by atoms with van der Waals surface area (Å²) in [4.78, 5) is 0. The second-order valence-corrected chi connectivity index (χ2v) is 6.02. The maximum Gasteiger partial charge on any atom is 0.160 e. The molecule has 0 heterocycles. The second-order valence-electron chi connectivity index (χ2n) is 6.02. The first kappa shape index (κ1) is 18.2. The van der Waals surface area contributed by atoms with Crippen LogP contribution in [-0.2, 0) is 12.8 Å². The molecule has 0 saturated heterocycles. The Balaban J connectivity index is 1.86. The van der Waals surface area contributed by atoms with Crippen molar-refractivity contribution in [1.29, 1.82) is 0 Å². The van der Waals surface area contributed by atoms with Crippen molar-refractivity contribution in [3.05, 3.63) is 53.6 Å². The summed E-state index contributed by atoms with van der Waals surface area (Å²) in [7, 11) is 3.34. The van der Waals surface area contributed by atoms with Crippen LogP contribution in [-0.4, -0.2) is 20.8 Å². The lowest BCUT2D eigenvalue weighted by atomic mass is 10.0. The van der Waals surface area contributed by atoms with Crippen molar-refractivity contribution < 1.29 is 9.47 Å². The number of benzene rings is 2. The molecule has 0 atom stereocenters. The topological polar surface area (TPSA) is 30.5 Å². The molecule has 0 radical (unpaired) electrons. The van der Waals surface area contributed by atoms with E-state index < -0.39 is 0 Å². The zero-order chi connectivity index (χ0) is 17.2. The third-order valence-corrected chi connectivity index (χ3v) is 4.17. The zero-order valence-electron chi connectivity index (χ0n) is 15.1. The van der Waals surface area contributed by atoms with Gasteiger partial charge in [0.05, 0.1) is 14.2 Å². The molecule has 0 aliphatic rings. The number of ether oxygens (including phenoxy) is 2. The van der Waals surface area contributed by atoms with Crippen LogP contribution in [0.25, 0.3) is 0 Å². The van der Waals surface area contributed by atoms with Gasteiger partial charge >= 0.3 is 0 Å². The number of anilines is 1. The van der Waals surface area contributed by atoms with E-state index in [1.165, 1.54) is 29.7 Å². The molecule has 0 saturated carbocycles. The third-order valence-electron chi connectivity index (χ3n) is 4.17. The molecule has 0 unspecified atom stereocenters. The van der Waals surface area contributed by atoms with E-state index >= 15 is 0 Å². The smallest absolute Gasteiger partial charge is 0.160 e. The number of aryl methyl sites for hydroxylation is 2. The minimum Gasteiger partial charge on any atom is -0.493 e. The molecule has 0 aromatic heterocycles. The van der Waals surface area contributed by atoms with Gasteiger partial charge in [-0.25, -0.2) is 0 Å². The van der Waals surface area contributed by atoms with Crippen LogP contribution in [0.3, 0.4) is 0 Å². The van der Waals surface area contributed by atoms with Gasteiger partial charge in [-0.15, -0.1) is 0 Å². The fourth-order valence-electron chi connectivity index (χ4n) is 2.78. The third kappa shape index (κ3) is 5.48. The van der Waals surface area contributed by atoms with Crippen molar-refractivity contribution in [1.82, 2.24) is 0 Å². The first-order valence-electron chi connectivity index (χ1n) is 8.80. The van der Waals surface area contributed by atoms with Crippen LogP contribution in [0.2, 0.25) is 0 Å². The number of methoxy groups -OCH3 is 2. The summed E-state index contributed by atoms with van der Waals surface area (Å²) in [6.07, 6.45) is 5.67. The summed E-state index contributed by atoms with van der Waals surface area (Å²) >= 11 is 0. The first-order chi connectivity index (χ1) is 11.8. The van der Waals surface area contributed by atoms with Crippen LogP contribution in [0.15, 0.2) is 42.5 Å². The van der Waals surface area contributed by atoms with Crippen molar-refractivity contribution in [2.24, 2.45) is 0 Å². The van der Waals surface area contributed by atoms with E-state index in [4.69, 9.17) is 9.47 Å². The quantitative estimate of drug-likeness (QED) is 0.616. The monoisotopic (exact) mass is 327 g/mol. The fraction of sp³-hybridized carbons (Fsp3) is 0.429. The molecule has 0 aliphatic heterocycles. The van der Waals surface area contributed by atoms with E-state index in [1.807, 2.05) is 6.07 Å². The normalized spacial score (nSPS) is 10.5.